The van der Waals surface area contributed by atoms with Crippen molar-refractivity contribution in [3.63, 3.8) is 0 Å². The van der Waals surface area contributed by atoms with Gasteiger partial charge in [0.25, 0.3) is 0 Å². The van der Waals surface area contributed by atoms with E-state index in [0.29, 0.717) is 11.8 Å². The van der Waals surface area contributed by atoms with Crippen LogP contribution in [0.3, 0.4) is 0 Å². The molecule has 2 unspecified atom stereocenters. The highest BCUT2D eigenvalue weighted by Gasteiger charge is 2.62. The number of fused-ring (bicyclic) bond motifs is 5. The minimum atomic E-state index is -0.546. The number of β-lactam (4-membered cyclic amide) rings is 1. The van der Waals surface area contributed by atoms with Crippen molar-refractivity contribution in [3.8, 4) is 0 Å². The number of nitrogens with zero attached hydrogens (tertiary/aromatic N) is 1. The molecule has 2 bridgehead atoms. The summed E-state index contributed by atoms with van der Waals surface area (Å²) in [5.74, 6) is 0.699. The van der Waals surface area contributed by atoms with Gasteiger partial charge in [-0.3, -0.25) is 4.79 Å². The molecule has 1 saturated heterocycles. The second-order valence-electron chi connectivity index (χ2n) is 6.15. The molecule has 0 aromatic heterocycles. The number of likely N-dealkylation sites (tertiary alicyclic amines) is 1. The van der Waals surface area contributed by atoms with Gasteiger partial charge in [-0.1, -0.05) is 12.2 Å². The van der Waals surface area contributed by atoms with Gasteiger partial charge in [0.1, 0.15) is 5.60 Å². The molecule has 1 aliphatic heterocycles. The Balaban J connectivity index is 1.76. The van der Waals surface area contributed by atoms with Crippen molar-refractivity contribution in [2.45, 2.75) is 38.8 Å². The fourth-order valence-electron chi connectivity index (χ4n) is 3.23. The highest BCUT2D eigenvalue weighted by molar-refractivity contribution is 6.00. The molecule has 17 heavy (non-hydrogen) atoms. The number of ether oxygens (including phenoxy) is 1. The second-order valence-corrected chi connectivity index (χ2v) is 6.15. The Morgan fingerprint density at radius 1 is 1.35 bits per heavy atom. The number of carbonyl (C=O) groups excluding carboxylic acids is 2. The summed E-state index contributed by atoms with van der Waals surface area (Å²) in [4.78, 5) is 25.2. The van der Waals surface area contributed by atoms with Crippen molar-refractivity contribution in [1.29, 1.82) is 0 Å². The summed E-state index contributed by atoms with van der Waals surface area (Å²) >= 11 is 0. The van der Waals surface area contributed by atoms with Crippen molar-refractivity contribution in [2.75, 3.05) is 0 Å². The Kier molecular flexibility index (Phi) is 1.98. The maximum absolute atomic E-state index is 12.0. The zero-order valence-electron chi connectivity index (χ0n) is 10.3. The molecule has 92 valence electrons. The van der Waals surface area contributed by atoms with Gasteiger partial charge in [0.15, 0.2) is 0 Å². The van der Waals surface area contributed by atoms with Gasteiger partial charge in [-0.25, -0.2) is 9.69 Å². The van der Waals surface area contributed by atoms with E-state index in [4.69, 9.17) is 4.74 Å². The van der Waals surface area contributed by atoms with Crippen LogP contribution in [0, 0.1) is 17.8 Å². The van der Waals surface area contributed by atoms with Crippen LogP contribution in [0.15, 0.2) is 12.2 Å². The molecule has 1 saturated carbocycles. The number of allylic oxidation sites excluding steroid dienone is 1. The predicted octanol–water partition coefficient (Wildman–Crippen LogP) is 1.95. The second kappa shape index (κ2) is 3.12. The lowest BCUT2D eigenvalue weighted by Crippen LogP contribution is -2.65. The first-order chi connectivity index (χ1) is 7.88. The Morgan fingerprint density at radius 2 is 2.00 bits per heavy atom. The molecule has 0 N–H and O–H groups in total. The van der Waals surface area contributed by atoms with Gasteiger partial charge in [0.2, 0.25) is 5.91 Å². The molecule has 0 radical (unpaired) electrons. The Hall–Kier alpha value is -1.32. The van der Waals surface area contributed by atoms with Crippen LogP contribution in [0.2, 0.25) is 0 Å². The summed E-state index contributed by atoms with van der Waals surface area (Å²) in [6.45, 7) is 5.44. The lowest BCUT2D eigenvalue weighted by Gasteiger charge is -2.46. The van der Waals surface area contributed by atoms with Crippen LogP contribution in [0.5, 0.6) is 0 Å². The first kappa shape index (κ1) is 10.8. The van der Waals surface area contributed by atoms with Gasteiger partial charge in [0.05, 0.1) is 12.0 Å². The number of hydrogen-bond acceptors (Lipinski definition) is 3. The standard InChI is InChI=1S/C13H17NO3/c1-13(2,3)17-12(16)14-10-8-5-4-7(6-8)9(10)11(14)15/h4-5,7-10H,6H2,1-3H3/t7-,8+,9?,10?/m1/s1. The highest BCUT2D eigenvalue weighted by Crippen LogP contribution is 2.52. The third-order valence-corrected chi connectivity index (χ3v) is 3.83. The maximum Gasteiger partial charge on any atom is 0.417 e. The van der Waals surface area contributed by atoms with Crippen LogP contribution in [-0.4, -0.2) is 28.5 Å². The topological polar surface area (TPSA) is 46.6 Å². The molecular formula is C13H17NO3. The number of imide groups is 1. The lowest BCUT2D eigenvalue weighted by molar-refractivity contribution is -0.154. The molecule has 0 aromatic carbocycles. The summed E-state index contributed by atoms with van der Waals surface area (Å²) in [5, 5.41) is 0. The van der Waals surface area contributed by atoms with Crippen molar-refractivity contribution in [2.24, 2.45) is 17.8 Å². The average Bonchev–Trinajstić information content (AvgIpc) is 2.70. The predicted molar refractivity (Wildman–Crippen MR) is 61.1 cm³/mol. The zero-order valence-corrected chi connectivity index (χ0v) is 10.3. The van der Waals surface area contributed by atoms with E-state index in [9.17, 15) is 9.59 Å². The Bertz CT molecular complexity index is 421. The number of carbonyl (C=O) groups is 2. The smallest absolute Gasteiger partial charge is 0.417 e. The third kappa shape index (κ3) is 1.43. The molecule has 0 spiro atoms. The van der Waals surface area contributed by atoms with E-state index in [2.05, 4.69) is 12.2 Å². The van der Waals surface area contributed by atoms with Gasteiger partial charge in [0, 0.05) is 0 Å². The first-order valence-corrected chi connectivity index (χ1v) is 6.13. The minimum Gasteiger partial charge on any atom is -0.443 e. The Labute approximate surface area is 101 Å². The van der Waals surface area contributed by atoms with E-state index in [0.717, 1.165) is 6.42 Å². The highest BCUT2D eigenvalue weighted by atomic mass is 16.6. The summed E-state index contributed by atoms with van der Waals surface area (Å²) in [6, 6.07) is 0.0624. The van der Waals surface area contributed by atoms with Crippen molar-refractivity contribution in [3.05, 3.63) is 12.2 Å². The van der Waals surface area contributed by atoms with Crippen LogP contribution in [-0.2, 0) is 9.53 Å². The van der Waals surface area contributed by atoms with Crippen LogP contribution in [0.25, 0.3) is 0 Å². The summed E-state index contributed by atoms with van der Waals surface area (Å²) in [6.07, 6.45) is 4.79. The first-order valence-electron chi connectivity index (χ1n) is 6.13. The lowest BCUT2D eigenvalue weighted by atomic mass is 9.80. The third-order valence-electron chi connectivity index (χ3n) is 3.83. The molecule has 0 aromatic rings. The van der Waals surface area contributed by atoms with Crippen LogP contribution in [0.4, 0.5) is 4.79 Å². The fourth-order valence-corrected chi connectivity index (χ4v) is 3.23. The summed E-state index contributed by atoms with van der Waals surface area (Å²) < 4.78 is 5.27. The van der Waals surface area contributed by atoms with Crippen molar-refractivity contribution < 1.29 is 14.3 Å². The molecule has 3 aliphatic rings. The molecule has 2 fully saturated rings. The van der Waals surface area contributed by atoms with Gasteiger partial charge in [-0.2, -0.15) is 0 Å². The zero-order chi connectivity index (χ0) is 12.4. The molecular weight excluding hydrogens is 218 g/mol. The monoisotopic (exact) mass is 235 g/mol. The molecule has 4 heteroatoms. The van der Waals surface area contributed by atoms with Crippen LogP contribution < -0.4 is 0 Å². The fraction of sp³-hybridized carbons (Fsp3) is 0.692. The molecule has 4 atom stereocenters. The average molecular weight is 235 g/mol. The largest absolute Gasteiger partial charge is 0.443 e. The van der Waals surface area contributed by atoms with Crippen LogP contribution in [0.1, 0.15) is 27.2 Å². The molecule has 4 nitrogen and oxygen atoms in total. The maximum atomic E-state index is 12.0. The SMILES string of the molecule is CC(C)(C)OC(=O)N1C(=O)C2C1[C@H]1C=C[C@@H]2C1. The van der Waals surface area contributed by atoms with E-state index in [1.807, 2.05) is 20.8 Å². The molecule has 2 aliphatic carbocycles. The van der Waals surface area contributed by atoms with E-state index in [1.54, 1.807) is 0 Å². The molecule has 2 amide bonds. The van der Waals surface area contributed by atoms with Crippen LogP contribution >= 0.6 is 0 Å². The quantitative estimate of drug-likeness (QED) is 0.476. The Morgan fingerprint density at radius 3 is 2.65 bits per heavy atom. The van der Waals surface area contributed by atoms with Gasteiger partial charge < -0.3 is 4.74 Å². The van der Waals surface area contributed by atoms with Gasteiger partial charge >= 0.3 is 6.09 Å². The molecule has 3 rings (SSSR count). The number of amides is 2. The van der Waals surface area contributed by atoms with E-state index < -0.39 is 11.7 Å². The van der Waals surface area contributed by atoms with Gasteiger partial charge in [-0.05, 0) is 39.0 Å². The van der Waals surface area contributed by atoms with Crippen molar-refractivity contribution in [1.82, 2.24) is 4.90 Å². The van der Waals surface area contributed by atoms with E-state index in [1.165, 1.54) is 4.90 Å². The summed E-state index contributed by atoms with van der Waals surface area (Å²) in [5.41, 5.74) is -0.546. The minimum absolute atomic E-state index is 0.0394. The van der Waals surface area contributed by atoms with Crippen molar-refractivity contribution >= 4 is 12.0 Å². The number of rotatable bonds is 0. The van der Waals surface area contributed by atoms with Gasteiger partial charge in [-0.15, -0.1) is 0 Å². The summed E-state index contributed by atoms with van der Waals surface area (Å²) in [7, 11) is 0. The van der Waals surface area contributed by atoms with E-state index in [-0.39, 0.29) is 17.9 Å². The normalized spacial score (nSPS) is 38.1. The number of hydrogen-bond donors (Lipinski definition) is 0. The van der Waals surface area contributed by atoms with E-state index >= 15 is 0 Å². The molecule has 1 heterocycles.